The number of benzene rings is 1. The number of fused-ring (bicyclic) bond motifs is 1. The van der Waals surface area contributed by atoms with Gasteiger partial charge < -0.3 is 14.8 Å². The number of hydrogen-bond acceptors (Lipinski definition) is 9. The van der Waals surface area contributed by atoms with Crippen LogP contribution in [0.3, 0.4) is 0 Å². The van der Waals surface area contributed by atoms with Gasteiger partial charge in [-0.2, -0.15) is 13.2 Å². The van der Waals surface area contributed by atoms with Crippen molar-refractivity contribution in [2.45, 2.75) is 36.7 Å². The molecular weight excluding hydrogens is 630 g/mol. The molecule has 1 aliphatic heterocycles. The number of hydrogen-bond donors (Lipinski definition) is 2. The fourth-order valence-corrected chi connectivity index (χ4v) is 7.86. The third-order valence-electron chi connectivity index (χ3n) is 6.61. The fourth-order valence-electron chi connectivity index (χ4n) is 4.57. The number of esters is 1. The third kappa shape index (κ3) is 7.74. The molecule has 3 aromatic heterocycles. The number of anilines is 1. The molecule has 0 spiro atoms. The standard InChI is InChI=1S/C25H28N4O4S3.C2HF3O2/c1-3-33-25(30)18-8-5-11-29(15-18)16-19-14-26-24(35-19)20-13-17-7-4-9-21(23(17)27-20)28(2)36(31,32)22-10-6-12-34-22;3-2(4,5)1(6)7/h4,6-7,9-10,12-14,18,27H,3,5,8,11,15-16H2,1-2H3;(H,6,7). The predicted octanol–water partition coefficient (Wildman–Crippen LogP) is 5.59. The van der Waals surface area contributed by atoms with Crippen molar-refractivity contribution in [3.63, 3.8) is 0 Å². The molecule has 0 radical (unpaired) electrons. The van der Waals surface area contributed by atoms with E-state index < -0.39 is 22.2 Å². The number of piperidine rings is 1. The van der Waals surface area contributed by atoms with Gasteiger partial charge in [-0.05, 0) is 49.9 Å². The summed E-state index contributed by atoms with van der Waals surface area (Å²) in [5.41, 5.74) is 2.18. The number of carbonyl (C=O) groups is 2. The maximum absolute atomic E-state index is 13.1. The number of sulfonamides is 1. The summed E-state index contributed by atoms with van der Waals surface area (Å²) in [6.45, 7) is 4.64. The molecule has 1 atom stereocenters. The van der Waals surface area contributed by atoms with E-state index in [-0.39, 0.29) is 11.9 Å². The fraction of sp³-hybridized carbons (Fsp3) is 0.370. The van der Waals surface area contributed by atoms with Gasteiger partial charge in [0.25, 0.3) is 10.0 Å². The first-order valence-corrected chi connectivity index (χ1v) is 16.2. The molecule has 1 aromatic carbocycles. The maximum Gasteiger partial charge on any atom is 0.490 e. The van der Waals surface area contributed by atoms with E-state index >= 15 is 0 Å². The number of likely N-dealkylation sites (tertiary alicyclic amines) is 1. The van der Waals surface area contributed by atoms with E-state index in [4.69, 9.17) is 14.6 Å². The highest BCUT2D eigenvalue weighted by atomic mass is 32.2. The average Bonchev–Trinajstić information content (AvgIpc) is 3.74. The minimum absolute atomic E-state index is 0.0688. The Morgan fingerprint density at radius 3 is 2.65 bits per heavy atom. The maximum atomic E-state index is 13.1. The summed E-state index contributed by atoms with van der Waals surface area (Å²) in [4.78, 5) is 32.5. The summed E-state index contributed by atoms with van der Waals surface area (Å²) in [5.74, 6) is -2.93. The summed E-state index contributed by atoms with van der Waals surface area (Å²) >= 11 is 2.81. The molecule has 4 heterocycles. The van der Waals surface area contributed by atoms with Crippen LogP contribution < -0.4 is 4.31 Å². The van der Waals surface area contributed by atoms with E-state index in [0.717, 1.165) is 52.4 Å². The number of aromatic amines is 1. The Morgan fingerprint density at radius 1 is 1.26 bits per heavy atom. The van der Waals surface area contributed by atoms with Gasteiger partial charge in [-0.15, -0.1) is 22.7 Å². The molecule has 232 valence electrons. The number of aliphatic carboxylic acids is 1. The van der Waals surface area contributed by atoms with Gasteiger partial charge >= 0.3 is 18.1 Å². The SMILES string of the molecule is CCOC(=O)C1CCCN(Cc2cnc(-c3cc4cccc(N(C)S(=O)(=O)c5cccs5)c4[nH]3)s2)C1.O=C(O)C(F)(F)F. The lowest BCUT2D eigenvalue weighted by atomic mass is 9.98. The number of nitrogens with zero attached hydrogens (tertiary/aromatic N) is 3. The first-order valence-electron chi connectivity index (χ1n) is 13.1. The van der Waals surface area contributed by atoms with E-state index in [1.807, 2.05) is 31.3 Å². The third-order valence-corrected chi connectivity index (χ3v) is 10.8. The number of thiazole rings is 1. The van der Waals surface area contributed by atoms with Crippen molar-refractivity contribution in [2.24, 2.45) is 5.92 Å². The highest BCUT2D eigenvalue weighted by Gasteiger charge is 2.38. The molecule has 10 nitrogen and oxygen atoms in total. The Hall–Kier alpha value is -3.47. The van der Waals surface area contributed by atoms with Gasteiger partial charge in [0, 0.05) is 36.6 Å². The molecule has 1 aliphatic rings. The summed E-state index contributed by atoms with van der Waals surface area (Å²) < 4.78 is 64.8. The van der Waals surface area contributed by atoms with Crippen LogP contribution in [0.25, 0.3) is 21.6 Å². The normalized spacial score (nSPS) is 16.0. The molecule has 5 rings (SSSR count). The Bertz CT molecular complexity index is 1670. The summed E-state index contributed by atoms with van der Waals surface area (Å²) in [7, 11) is -2.06. The van der Waals surface area contributed by atoms with Gasteiger partial charge in [0.1, 0.15) is 9.22 Å². The van der Waals surface area contributed by atoms with Crippen LogP contribution in [0.5, 0.6) is 0 Å². The predicted molar refractivity (Wildman–Crippen MR) is 158 cm³/mol. The zero-order chi connectivity index (χ0) is 31.4. The first-order chi connectivity index (χ1) is 20.3. The summed E-state index contributed by atoms with van der Waals surface area (Å²) in [5, 5.41) is 10.6. The van der Waals surface area contributed by atoms with Crippen LogP contribution >= 0.6 is 22.7 Å². The molecule has 0 saturated carbocycles. The van der Waals surface area contributed by atoms with E-state index in [1.165, 1.54) is 15.6 Å². The molecule has 16 heteroatoms. The molecule has 4 aromatic rings. The zero-order valence-corrected chi connectivity index (χ0v) is 25.6. The Labute approximate surface area is 253 Å². The second kappa shape index (κ2) is 13.4. The van der Waals surface area contributed by atoms with Crippen LogP contribution in [0.1, 0.15) is 24.6 Å². The van der Waals surface area contributed by atoms with Crippen molar-refractivity contribution >= 4 is 61.2 Å². The van der Waals surface area contributed by atoms with Crippen LogP contribution in [0, 0.1) is 5.92 Å². The second-order valence-corrected chi connectivity index (χ2v) is 13.8. The Balaban J connectivity index is 0.000000541. The molecule has 1 unspecified atom stereocenters. The quantitative estimate of drug-likeness (QED) is 0.234. The van der Waals surface area contributed by atoms with Gasteiger partial charge in [-0.3, -0.25) is 14.0 Å². The van der Waals surface area contributed by atoms with Crippen molar-refractivity contribution in [3.05, 3.63) is 52.9 Å². The minimum atomic E-state index is -5.08. The van der Waals surface area contributed by atoms with Crippen LogP contribution in [0.15, 0.2) is 52.2 Å². The van der Waals surface area contributed by atoms with Crippen LogP contribution in [-0.2, 0) is 30.9 Å². The van der Waals surface area contributed by atoms with Gasteiger partial charge in [0.15, 0.2) is 0 Å². The molecule has 1 saturated heterocycles. The number of rotatable bonds is 8. The lowest BCUT2D eigenvalue weighted by Gasteiger charge is -2.30. The monoisotopic (exact) mass is 658 g/mol. The summed E-state index contributed by atoms with van der Waals surface area (Å²) in [6, 6.07) is 11.0. The Morgan fingerprint density at radius 2 is 2.00 bits per heavy atom. The smallest absolute Gasteiger partial charge is 0.475 e. The summed E-state index contributed by atoms with van der Waals surface area (Å²) in [6.07, 6.45) is -1.35. The van der Waals surface area contributed by atoms with Crippen molar-refractivity contribution in [2.75, 3.05) is 31.0 Å². The van der Waals surface area contributed by atoms with Crippen LogP contribution in [0.2, 0.25) is 0 Å². The average molecular weight is 659 g/mol. The number of nitrogens with one attached hydrogen (secondary N) is 1. The zero-order valence-electron chi connectivity index (χ0n) is 23.1. The second-order valence-electron chi connectivity index (χ2n) is 9.59. The first kappa shape index (κ1) is 32.4. The molecule has 0 amide bonds. The van der Waals surface area contributed by atoms with E-state index in [1.54, 1.807) is 42.0 Å². The largest absolute Gasteiger partial charge is 0.490 e. The van der Waals surface area contributed by atoms with Crippen molar-refractivity contribution in [3.8, 4) is 10.7 Å². The van der Waals surface area contributed by atoms with Crippen LogP contribution in [-0.4, -0.2) is 73.3 Å². The van der Waals surface area contributed by atoms with Gasteiger partial charge in [0.05, 0.1) is 29.4 Å². The van der Waals surface area contributed by atoms with Crippen molar-refractivity contribution < 1.29 is 41.0 Å². The molecule has 0 aliphatic carbocycles. The minimum Gasteiger partial charge on any atom is -0.475 e. The number of alkyl halides is 3. The number of carboxylic acid groups (broad SMARTS) is 1. The Kier molecular flexibility index (Phi) is 10.1. The molecule has 1 fully saturated rings. The highest BCUT2D eigenvalue weighted by Crippen LogP contribution is 2.35. The molecule has 2 N–H and O–H groups in total. The van der Waals surface area contributed by atoms with E-state index in [0.29, 0.717) is 23.0 Å². The van der Waals surface area contributed by atoms with Gasteiger partial charge in [-0.25, -0.2) is 18.2 Å². The molecule has 0 bridgehead atoms. The number of para-hydroxylation sites is 1. The van der Waals surface area contributed by atoms with Crippen molar-refractivity contribution in [1.82, 2.24) is 14.9 Å². The lowest BCUT2D eigenvalue weighted by Crippen LogP contribution is -2.38. The van der Waals surface area contributed by atoms with Gasteiger partial charge in [0.2, 0.25) is 0 Å². The van der Waals surface area contributed by atoms with Crippen molar-refractivity contribution in [1.29, 1.82) is 0 Å². The van der Waals surface area contributed by atoms with Gasteiger partial charge in [-0.1, -0.05) is 18.2 Å². The van der Waals surface area contributed by atoms with E-state index in [2.05, 4.69) is 14.9 Å². The van der Waals surface area contributed by atoms with Crippen LogP contribution in [0.4, 0.5) is 18.9 Å². The number of ether oxygens (including phenoxy) is 1. The molecular formula is C27H29F3N4O6S3. The number of aromatic nitrogens is 2. The highest BCUT2D eigenvalue weighted by molar-refractivity contribution is 7.94. The van der Waals surface area contributed by atoms with E-state index in [9.17, 15) is 26.4 Å². The topological polar surface area (TPSA) is 133 Å². The number of thiophene rings is 1. The lowest BCUT2D eigenvalue weighted by molar-refractivity contribution is -0.192. The number of halogens is 3. The number of carboxylic acids is 1. The molecule has 43 heavy (non-hydrogen) atoms. The number of carbonyl (C=O) groups excluding carboxylic acids is 1. The number of H-pyrrole nitrogens is 1.